The van der Waals surface area contributed by atoms with E-state index in [2.05, 4.69) is 10.3 Å². The first-order valence-corrected chi connectivity index (χ1v) is 6.29. The third-order valence-electron chi connectivity index (χ3n) is 2.44. The van der Waals surface area contributed by atoms with Crippen molar-refractivity contribution in [3.8, 4) is 6.07 Å². The van der Waals surface area contributed by atoms with Crippen LogP contribution in [0.3, 0.4) is 0 Å². The molecule has 2 aromatic rings. The molecule has 1 amide bonds. The number of amides is 1. The quantitative estimate of drug-likeness (QED) is 0.911. The van der Waals surface area contributed by atoms with E-state index in [9.17, 15) is 4.79 Å². The van der Waals surface area contributed by atoms with Crippen LogP contribution < -0.4 is 5.32 Å². The van der Waals surface area contributed by atoms with Crippen LogP contribution in [-0.4, -0.2) is 10.9 Å². The van der Waals surface area contributed by atoms with Crippen molar-refractivity contribution in [2.24, 2.45) is 0 Å². The van der Waals surface area contributed by atoms with E-state index in [0.717, 1.165) is 4.88 Å². The van der Waals surface area contributed by atoms with Gasteiger partial charge in [0.05, 0.1) is 18.1 Å². The zero-order valence-electron chi connectivity index (χ0n) is 9.54. The van der Waals surface area contributed by atoms with Crippen molar-refractivity contribution in [1.29, 1.82) is 5.26 Å². The number of nitrogens with zero attached hydrogens (tertiary/aromatic N) is 2. The van der Waals surface area contributed by atoms with Crippen molar-refractivity contribution in [1.82, 2.24) is 10.3 Å². The molecule has 0 spiro atoms. The number of hydrogen-bond donors (Lipinski definition) is 1. The Morgan fingerprint density at radius 1 is 1.44 bits per heavy atom. The minimum Gasteiger partial charge on any atom is -0.350 e. The summed E-state index contributed by atoms with van der Waals surface area (Å²) in [5.74, 6) is -1.05. The topological polar surface area (TPSA) is 65.8 Å². The molecule has 0 bridgehead atoms. The fraction of sp³-hybridized carbons (Fsp3) is 0.154. The van der Waals surface area contributed by atoms with Gasteiger partial charge in [-0.15, -0.1) is 11.3 Å². The van der Waals surface area contributed by atoms with Gasteiger partial charge >= 0.3 is 0 Å². The van der Waals surface area contributed by atoms with Crippen LogP contribution in [0.15, 0.2) is 42.0 Å². The fourth-order valence-electron chi connectivity index (χ4n) is 1.54. The normalized spacial score (nSPS) is 11.5. The summed E-state index contributed by atoms with van der Waals surface area (Å²) in [6.07, 6.45) is 1.70. The Balaban J connectivity index is 2.01. The molecule has 2 rings (SSSR count). The lowest BCUT2D eigenvalue weighted by molar-refractivity contribution is -0.121. The molecular formula is C13H11N3OS. The lowest BCUT2D eigenvalue weighted by atomic mass is 10.00. The molecule has 18 heavy (non-hydrogen) atoms. The molecule has 0 saturated heterocycles. The smallest absolute Gasteiger partial charge is 0.242 e. The average Bonchev–Trinajstić information content (AvgIpc) is 2.92. The summed E-state index contributed by atoms with van der Waals surface area (Å²) in [7, 11) is 0. The molecule has 5 heteroatoms. The van der Waals surface area contributed by atoms with Gasteiger partial charge in [-0.3, -0.25) is 9.78 Å². The highest BCUT2D eigenvalue weighted by Gasteiger charge is 2.19. The highest BCUT2D eigenvalue weighted by Crippen LogP contribution is 2.15. The van der Waals surface area contributed by atoms with Gasteiger partial charge in [-0.2, -0.15) is 5.26 Å². The maximum atomic E-state index is 11.9. The van der Waals surface area contributed by atoms with Crippen molar-refractivity contribution < 1.29 is 4.79 Å². The predicted octanol–water partition coefficient (Wildman–Crippen LogP) is 2.07. The van der Waals surface area contributed by atoms with E-state index in [4.69, 9.17) is 5.26 Å². The fourth-order valence-corrected chi connectivity index (χ4v) is 2.07. The number of rotatable bonds is 4. The van der Waals surface area contributed by atoms with Crippen molar-refractivity contribution >= 4 is 17.2 Å². The summed E-state index contributed by atoms with van der Waals surface area (Å²) in [4.78, 5) is 16.8. The molecule has 1 unspecified atom stereocenters. The number of nitrogens with one attached hydrogen (secondary N) is 1. The van der Waals surface area contributed by atoms with Crippen LogP contribution in [0.1, 0.15) is 16.4 Å². The zero-order chi connectivity index (χ0) is 12.8. The van der Waals surface area contributed by atoms with Crippen LogP contribution in [0.2, 0.25) is 0 Å². The van der Waals surface area contributed by atoms with Crippen LogP contribution in [0.5, 0.6) is 0 Å². The summed E-state index contributed by atoms with van der Waals surface area (Å²) in [6.45, 7) is 0.411. The van der Waals surface area contributed by atoms with E-state index in [1.165, 1.54) is 11.3 Å². The molecule has 90 valence electrons. The number of thiazole rings is 1. The minimum absolute atomic E-state index is 0.280. The van der Waals surface area contributed by atoms with Gasteiger partial charge in [-0.05, 0) is 5.56 Å². The Morgan fingerprint density at radius 3 is 2.83 bits per heavy atom. The van der Waals surface area contributed by atoms with Gasteiger partial charge < -0.3 is 5.32 Å². The minimum atomic E-state index is -0.765. The molecule has 0 saturated carbocycles. The molecule has 1 aromatic carbocycles. The van der Waals surface area contributed by atoms with Gasteiger partial charge in [0.15, 0.2) is 0 Å². The molecule has 0 radical (unpaired) electrons. The second-order valence-electron chi connectivity index (χ2n) is 3.66. The number of aromatic nitrogens is 1. The SMILES string of the molecule is N#CC(C(=O)NCc1cncs1)c1ccccc1. The molecule has 0 aliphatic rings. The summed E-state index contributed by atoms with van der Waals surface area (Å²) >= 11 is 1.47. The molecule has 1 aromatic heterocycles. The zero-order valence-corrected chi connectivity index (χ0v) is 10.4. The van der Waals surface area contributed by atoms with Gasteiger partial charge in [0.1, 0.15) is 5.92 Å². The average molecular weight is 257 g/mol. The van der Waals surface area contributed by atoms with Crippen LogP contribution in [0.25, 0.3) is 0 Å². The molecule has 0 aliphatic carbocycles. The van der Waals surface area contributed by atoms with Gasteiger partial charge in [0.2, 0.25) is 5.91 Å². The molecule has 0 aliphatic heterocycles. The molecule has 4 nitrogen and oxygen atoms in total. The van der Waals surface area contributed by atoms with E-state index in [-0.39, 0.29) is 5.91 Å². The van der Waals surface area contributed by atoms with Gasteiger partial charge in [0.25, 0.3) is 0 Å². The third kappa shape index (κ3) is 2.93. The first kappa shape index (κ1) is 12.3. The Labute approximate surface area is 109 Å². The van der Waals surface area contributed by atoms with Crippen molar-refractivity contribution in [3.63, 3.8) is 0 Å². The highest BCUT2D eigenvalue weighted by atomic mass is 32.1. The van der Waals surface area contributed by atoms with E-state index in [1.54, 1.807) is 23.8 Å². The Hall–Kier alpha value is -2.19. The lowest BCUT2D eigenvalue weighted by Gasteiger charge is -2.09. The second-order valence-corrected chi connectivity index (χ2v) is 4.63. The third-order valence-corrected chi connectivity index (χ3v) is 3.22. The standard InChI is InChI=1S/C13H11N3OS/c14-6-12(10-4-2-1-3-5-10)13(17)16-8-11-7-15-9-18-11/h1-5,7,9,12H,8H2,(H,16,17). The maximum Gasteiger partial charge on any atom is 0.242 e. The Kier molecular flexibility index (Phi) is 4.05. The molecular weight excluding hydrogens is 246 g/mol. The summed E-state index contributed by atoms with van der Waals surface area (Å²) in [5.41, 5.74) is 2.42. The number of nitriles is 1. The molecule has 0 fully saturated rings. The first-order valence-electron chi connectivity index (χ1n) is 5.41. The first-order chi connectivity index (χ1) is 8.81. The van der Waals surface area contributed by atoms with Crippen LogP contribution >= 0.6 is 11.3 Å². The highest BCUT2D eigenvalue weighted by molar-refractivity contribution is 7.09. The lowest BCUT2D eigenvalue weighted by Crippen LogP contribution is -2.27. The van der Waals surface area contributed by atoms with Crippen molar-refractivity contribution in [2.45, 2.75) is 12.5 Å². The monoisotopic (exact) mass is 257 g/mol. The van der Waals surface area contributed by atoms with Crippen LogP contribution in [-0.2, 0) is 11.3 Å². The van der Waals surface area contributed by atoms with Gasteiger partial charge in [0, 0.05) is 11.1 Å². The van der Waals surface area contributed by atoms with E-state index >= 15 is 0 Å². The van der Waals surface area contributed by atoms with Crippen molar-refractivity contribution in [3.05, 3.63) is 52.5 Å². The number of benzene rings is 1. The molecule has 1 N–H and O–H groups in total. The summed E-state index contributed by atoms with van der Waals surface area (Å²) < 4.78 is 0. The summed E-state index contributed by atoms with van der Waals surface area (Å²) in [6, 6.07) is 11.1. The van der Waals surface area contributed by atoms with Gasteiger partial charge in [-0.25, -0.2) is 0 Å². The Morgan fingerprint density at radius 2 is 2.22 bits per heavy atom. The molecule has 1 atom stereocenters. The maximum absolute atomic E-state index is 11.9. The number of carbonyl (C=O) groups is 1. The van der Waals surface area contributed by atoms with Crippen molar-refractivity contribution in [2.75, 3.05) is 0 Å². The number of carbonyl (C=O) groups excluding carboxylic acids is 1. The van der Waals surface area contributed by atoms with E-state index < -0.39 is 5.92 Å². The largest absolute Gasteiger partial charge is 0.350 e. The second kappa shape index (κ2) is 5.94. The number of hydrogen-bond acceptors (Lipinski definition) is 4. The van der Waals surface area contributed by atoms with E-state index in [1.807, 2.05) is 24.3 Å². The molecule has 1 heterocycles. The van der Waals surface area contributed by atoms with Gasteiger partial charge in [-0.1, -0.05) is 30.3 Å². The Bertz CT molecular complexity index is 545. The van der Waals surface area contributed by atoms with Crippen LogP contribution in [0.4, 0.5) is 0 Å². The predicted molar refractivity (Wildman–Crippen MR) is 68.8 cm³/mol. The van der Waals surface area contributed by atoms with E-state index in [0.29, 0.717) is 12.1 Å². The van der Waals surface area contributed by atoms with Crippen LogP contribution in [0, 0.1) is 11.3 Å². The summed E-state index contributed by atoms with van der Waals surface area (Å²) in [5, 5.41) is 11.8.